The van der Waals surface area contributed by atoms with Crippen molar-refractivity contribution in [1.82, 2.24) is 0 Å². The summed E-state index contributed by atoms with van der Waals surface area (Å²) in [5.74, 6) is 3.95. The normalized spacial score (nSPS) is 11.9. The predicted molar refractivity (Wildman–Crippen MR) is 201 cm³/mol. The van der Waals surface area contributed by atoms with E-state index in [4.69, 9.17) is 19.7 Å². The third kappa shape index (κ3) is 35.4. The van der Waals surface area contributed by atoms with Gasteiger partial charge in [-0.3, -0.25) is 14.4 Å². The fourth-order valence-corrected chi connectivity index (χ4v) is 14.2. The van der Waals surface area contributed by atoms with E-state index in [0.717, 1.165) is 26.1 Å². The summed E-state index contributed by atoms with van der Waals surface area (Å²) in [5.41, 5.74) is 0. The molecule has 0 heterocycles. The van der Waals surface area contributed by atoms with E-state index in [1.165, 1.54) is 70.6 Å². The topological polar surface area (TPSA) is 133 Å². The fourth-order valence-electron chi connectivity index (χ4n) is 1.86. The molecule has 0 radical (unpaired) electrons. The Kier molecular flexibility index (Phi) is 37.9. The van der Waals surface area contributed by atoms with Crippen molar-refractivity contribution in [2.45, 2.75) is 0 Å². The highest BCUT2D eigenvalue weighted by Gasteiger charge is 2.09. The van der Waals surface area contributed by atoms with E-state index in [-0.39, 0.29) is 36.0 Å². The molecule has 0 aliphatic carbocycles. The third-order valence-corrected chi connectivity index (χ3v) is 18.0. The van der Waals surface area contributed by atoms with Gasteiger partial charge in [-0.1, -0.05) is 23.5 Å². The van der Waals surface area contributed by atoms with Crippen molar-refractivity contribution in [3.05, 3.63) is 0 Å². The van der Waals surface area contributed by atoms with Crippen LogP contribution in [0.25, 0.3) is 0 Å². The fraction of sp³-hybridized carbons (Fsp3) is 0.857. The van der Waals surface area contributed by atoms with Crippen LogP contribution < -0.4 is 0 Å². The van der Waals surface area contributed by atoms with Gasteiger partial charge in [0, 0.05) is 47.8 Å². The molecule has 0 amide bonds. The Morgan fingerprint density at radius 3 is 1.66 bits per heavy atom. The lowest BCUT2D eigenvalue weighted by Crippen LogP contribution is -2.11. The van der Waals surface area contributed by atoms with Crippen molar-refractivity contribution in [1.29, 1.82) is 0 Å². The van der Waals surface area contributed by atoms with Crippen LogP contribution in [-0.4, -0.2) is 133 Å². The molecule has 0 saturated carbocycles. The summed E-state index contributed by atoms with van der Waals surface area (Å²) in [6, 6.07) is 0. The van der Waals surface area contributed by atoms with Gasteiger partial charge >= 0.3 is 11.9 Å². The monoisotopic (exact) mass is 802 g/mol. The summed E-state index contributed by atoms with van der Waals surface area (Å²) in [7, 11) is 0. The summed E-state index contributed by atoms with van der Waals surface area (Å²) in [6.45, 7) is 0.313. The molecule has 1 unspecified atom stereocenters. The van der Waals surface area contributed by atoms with Crippen LogP contribution in [-0.2, 0) is 35.0 Å². The molecule has 0 aromatic carbocycles. The van der Waals surface area contributed by atoms with Gasteiger partial charge in [0.1, 0.15) is 17.6 Å². The van der Waals surface area contributed by atoms with Gasteiger partial charge in [0.2, 0.25) is 0 Å². The maximum Gasteiger partial charge on any atom is 0.316 e. The number of hydrogen-bond acceptors (Lipinski definition) is 19. The maximum absolute atomic E-state index is 12.1. The number of esters is 2. The highest BCUT2D eigenvalue weighted by Crippen LogP contribution is 2.22. The first-order chi connectivity index (χ1) is 20.0. The Balaban J connectivity index is 3.41. The summed E-state index contributed by atoms with van der Waals surface area (Å²) < 4.78 is 22.4. The molecule has 0 aromatic heterocycles. The number of rotatable bonds is 31. The second-order valence-corrected chi connectivity index (χ2v) is 22.1. The first kappa shape index (κ1) is 43.7. The molecule has 0 aliphatic heterocycles. The average molecular weight is 803 g/mol. The molecule has 0 aliphatic rings. The molecule has 20 heteroatoms. The molecule has 1 atom stereocenters. The van der Waals surface area contributed by atoms with Crippen LogP contribution >= 0.6 is 129 Å². The smallest absolute Gasteiger partial charge is 0.316 e. The molecule has 242 valence electrons. The minimum atomic E-state index is -0.886. The van der Waals surface area contributed by atoms with Gasteiger partial charge in [0.25, 0.3) is 0 Å². The van der Waals surface area contributed by atoms with Crippen LogP contribution in [0.5, 0.6) is 0 Å². The van der Waals surface area contributed by atoms with Crippen LogP contribution in [0.2, 0.25) is 0 Å². The molecular weight excluding hydrogens is 765 g/mol. The Morgan fingerprint density at radius 2 is 1.07 bits per heavy atom. The van der Waals surface area contributed by atoms with Crippen molar-refractivity contribution in [2.24, 2.45) is 0 Å². The van der Waals surface area contributed by atoms with Crippen LogP contribution in [0.3, 0.4) is 0 Å². The second kappa shape index (κ2) is 35.5. The van der Waals surface area contributed by atoms with Crippen LogP contribution in [0.15, 0.2) is 0 Å². The molecule has 41 heavy (non-hydrogen) atoms. The zero-order chi connectivity index (χ0) is 30.2. The van der Waals surface area contributed by atoms with Crippen molar-refractivity contribution >= 4 is 158 Å². The molecule has 0 spiro atoms. The molecule has 0 bridgehead atoms. The Labute approximate surface area is 294 Å². The minimum Gasteiger partial charge on any atom is -0.616 e. The van der Waals surface area contributed by atoms with E-state index in [2.05, 4.69) is 0 Å². The lowest BCUT2D eigenvalue weighted by atomic mass is 10.8. The quantitative estimate of drug-likeness (QED) is 0.0421. The molecule has 0 rings (SSSR count). The van der Waals surface area contributed by atoms with E-state index in [0.29, 0.717) is 55.9 Å². The van der Waals surface area contributed by atoms with E-state index in [1.807, 2.05) is 0 Å². The highest BCUT2D eigenvalue weighted by atomic mass is 32.3. The van der Waals surface area contributed by atoms with Crippen LogP contribution in [0.1, 0.15) is 0 Å². The first-order valence-electron chi connectivity index (χ1n) is 11.8. The molecule has 2 N–H and O–H groups in total. The second-order valence-electron chi connectivity index (χ2n) is 6.79. The lowest BCUT2D eigenvalue weighted by molar-refractivity contribution is -0.139. The van der Waals surface area contributed by atoms with Crippen LogP contribution in [0, 0.1) is 0 Å². The molecule has 8 nitrogen and oxygen atoms in total. The Bertz CT molecular complexity index is 641. The number of hydrogen-bond donors (Lipinski definition) is 2. The third-order valence-electron chi connectivity index (χ3n) is 3.54. The Morgan fingerprint density at radius 1 is 0.585 bits per heavy atom. The van der Waals surface area contributed by atoms with Gasteiger partial charge in [-0.05, 0) is 11.2 Å². The SMILES string of the molecule is O=C(CSCSCC[S+]([O-])CSCSCSC(=O)CSCSCC(=O)OCSCSCCO)OCSCSCCO. The summed E-state index contributed by atoms with van der Waals surface area (Å²) in [6.07, 6.45) is 0. The molecule has 0 aromatic rings. The van der Waals surface area contributed by atoms with Gasteiger partial charge in [-0.25, -0.2) is 0 Å². The zero-order valence-electron chi connectivity index (χ0n) is 22.5. The average Bonchev–Trinajstić information content (AvgIpc) is 2.96. The predicted octanol–water partition coefficient (Wildman–Crippen LogP) is 5.02. The van der Waals surface area contributed by atoms with Crippen LogP contribution in [0.4, 0.5) is 0 Å². The van der Waals surface area contributed by atoms with Gasteiger partial charge in [-0.15, -0.1) is 106 Å². The number of ether oxygens (including phenoxy) is 2. The number of carbonyl (C=O) groups is 3. The summed E-state index contributed by atoms with van der Waals surface area (Å²) >= 11 is 16.0. The van der Waals surface area contributed by atoms with E-state index >= 15 is 0 Å². The van der Waals surface area contributed by atoms with Gasteiger partial charge < -0.3 is 24.2 Å². The van der Waals surface area contributed by atoms with Crippen molar-refractivity contribution in [2.75, 3.05) is 101 Å². The highest BCUT2D eigenvalue weighted by molar-refractivity contribution is 8.29. The Hall–Kier alpha value is 2.69. The van der Waals surface area contributed by atoms with E-state index < -0.39 is 11.2 Å². The summed E-state index contributed by atoms with van der Waals surface area (Å²) in [5, 5.41) is 22.5. The van der Waals surface area contributed by atoms with Gasteiger partial charge in [0.15, 0.2) is 10.2 Å². The van der Waals surface area contributed by atoms with E-state index in [9.17, 15) is 18.9 Å². The van der Waals surface area contributed by atoms with Crippen molar-refractivity contribution < 1.29 is 38.6 Å². The van der Waals surface area contributed by atoms with Crippen molar-refractivity contribution in [3.8, 4) is 0 Å². The minimum absolute atomic E-state index is 0.117. The van der Waals surface area contributed by atoms with Crippen molar-refractivity contribution in [3.63, 3.8) is 0 Å². The number of carbonyl (C=O) groups excluding carboxylic acids is 3. The largest absolute Gasteiger partial charge is 0.616 e. The number of aliphatic hydroxyl groups excluding tert-OH is 2. The molecular formula is C21H38O8S12. The van der Waals surface area contributed by atoms with Gasteiger partial charge in [0.05, 0.1) is 30.5 Å². The van der Waals surface area contributed by atoms with E-state index in [1.54, 1.807) is 58.8 Å². The van der Waals surface area contributed by atoms with Gasteiger partial charge in [-0.2, -0.15) is 0 Å². The number of aliphatic hydroxyl groups is 2. The molecule has 0 fully saturated rings. The summed E-state index contributed by atoms with van der Waals surface area (Å²) in [4.78, 5) is 35.2. The lowest BCUT2D eigenvalue weighted by Gasteiger charge is -2.10. The number of thioether (sulfide) groups is 11. The zero-order valence-corrected chi connectivity index (χ0v) is 32.3. The standard InChI is InChI=1S/C21H38O8S12/c22-1-3-30-13-36-10-28-19(24)7-33-12-32-5-6-41(27)18-39-16-38-17-40-21(26)9-35-15-34-8-20(25)29-11-37-14-31-4-2-23/h22-23H,1-18H2. The maximum atomic E-state index is 12.1. The first-order valence-corrected chi connectivity index (χ1v) is 25.8. The molecule has 0 saturated heterocycles.